The maximum absolute atomic E-state index is 6.24. The highest BCUT2D eigenvalue weighted by molar-refractivity contribution is 6.35. The van der Waals surface area contributed by atoms with Gasteiger partial charge in [-0.3, -0.25) is 0 Å². The smallest absolute Gasteiger partial charge is 0.162 e. The van der Waals surface area contributed by atoms with E-state index < -0.39 is 0 Å². The molecule has 1 heterocycles. The van der Waals surface area contributed by atoms with E-state index in [1.54, 1.807) is 24.5 Å². The van der Waals surface area contributed by atoms with Gasteiger partial charge >= 0.3 is 0 Å². The summed E-state index contributed by atoms with van der Waals surface area (Å²) in [7, 11) is 3.39. The lowest BCUT2D eigenvalue weighted by Crippen LogP contribution is -2.13. The zero-order valence-electron chi connectivity index (χ0n) is 16.2. The van der Waals surface area contributed by atoms with Crippen LogP contribution >= 0.6 is 23.2 Å². The second-order valence-electron chi connectivity index (χ2n) is 6.22. The minimum absolute atomic E-state index is 0.343. The van der Waals surface area contributed by atoms with E-state index in [4.69, 9.17) is 32.9 Å². The Kier molecular flexibility index (Phi) is 6.90. The maximum Gasteiger partial charge on any atom is 0.162 e. The predicted octanol–water partition coefficient (Wildman–Crippen LogP) is 5.24. The average Bonchev–Trinajstić information content (AvgIpc) is 3.12. The molecular formula is C21H20Cl2N4O2. The molecule has 0 aliphatic carbocycles. The van der Waals surface area contributed by atoms with Gasteiger partial charge in [-0.15, -0.1) is 0 Å². The van der Waals surface area contributed by atoms with E-state index in [1.807, 2.05) is 55.1 Å². The predicted molar refractivity (Wildman–Crippen MR) is 116 cm³/mol. The lowest BCUT2D eigenvalue weighted by Gasteiger charge is -2.12. The van der Waals surface area contributed by atoms with Crippen molar-refractivity contribution in [2.75, 3.05) is 7.11 Å². The molecule has 0 fully saturated rings. The summed E-state index contributed by atoms with van der Waals surface area (Å²) in [5.74, 6) is 0.676. The van der Waals surface area contributed by atoms with Crippen molar-refractivity contribution in [2.45, 2.75) is 13.0 Å². The van der Waals surface area contributed by atoms with Crippen LogP contribution < -0.4 is 0 Å². The first-order chi connectivity index (χ1) is 14.0. The number of hydrogen-bond donors (Lipinski definition) is 0. The lowest BCUT2D eigenvalue weighted by atomic mass is 10.0. The SMILES string of the molecule is CO/N=C(\c1ccccc1/C=N/OC(C)c1ccc(Cl)cc1Cl)c1nccn1C. The molecule has 6 nitrogen and oxygen atoms in total. The molecule has 1 atom stereocenters. The van der Waals surface area contributed by atoms with Gasteiger partial charge in [-0.2, -0.15) is 0 Å². The van der Waals surface area contributed by atoms with E-state index in [1.165, 1.54) is 7.11 Å². The van der Waals surface area contributed by atoms with Crippen LogP contribution in [0.3, 0.4) is 0 Å². The first-order valence-corrected chi connectivity index (χ1v) is 9.59. The Morgan fingerprint density at radius 3 is 2.69 bits per heavy atom. The average molecular weight is 431 g/mol. The summed E-state index contributed by atoms with van der Waals surface area (Å²) in [6.45, 7) is 1.87. The van der Waals surface area contributed by atoms with E-state index >= 15 is 0 Å². The van der Waals surface area contributed by atoms with Crippen LogP contribution in [0.25, 0.3) is 0 Å². The van der Waals surface area contributed by atoms with Gasteiger partial charge in [0, 0.05) is 46.2 Å². The third-order valence-electron chi connectivity index (χ3n) is 4.24. The van der Waals surface area contributed by atoms with Gasteiger partial charge in [0.15, 0.2) is 17.6 Å². The zero-order chi connectivity index (χ0) is 20.8. The normalized spacial score (nSPS) is 12.9. The van der Waals surface area contributed by atoms with E-state index in [0.717, 1.165) is 16.7 Å². The summed E-state index contributed by atoms with van der Waals surface area (Å²) in [5, 5.41) is 9.42. The zero-order valence-corrected chi connectivity index (χ0v) is 17.7. The quantitative estimate of drug-likeness (QED) is 0.380. The molecule has 0 saturated carbocycles. The molecule has 1 aromatic heterocycles. The highest BCUT2D eigenvalue weighted by Gasteiger charge is 2.16. The van der Waals surface area contributed by atoms with Gasteiger partial charge < -0.3 is 14.2 Å². The Bertz CT molecular complexity index is 1050. The summed E-state index contributed by atoms with van der Waals surface area (Å²) in [4.78, 5) is 15.0. The largest absolute Gasteiger partial charge is 0.399 e. The second-order valence-corrected chi connectivity index (χ2v) is 7.06. The Hall–Kier alpha value is -2.83. The highest BCUT2D eigenvalue weighted by Crippen LogP contribution is 2.28. The summed E-state index contributed by atoms with van der Waals surface area (Å²) in [6.07, 6.45) is 4.84. The van der Waals surface area contributed by atoms with E-state index in [9.17, 15) is 0 Å². The molecule has 0 saturated heterocycles. The Labute approximate surface area is 179 Å². The van der Waals surface area contributed by atoms with Gasteiger partial charge in [0.25, 0.3) is 0 Å². The van der Waals surface area contributed by atoms with E-state index in [2.05, 4.69) is 15.3 Å². The number of rotatable bonds is 7. The number of aromatic nitrogens is 2. The molecular weight excluding hydrogens is 411 g/mol. The van der Waals surface area contributed by atoms with Crippen molar-refractivity contribution in [3.05, 3.63) is 87.4 Å². The molecule has 0 bridgehead atoms. The lowest BCUT2D eigenvalue weighted by molar-refractivity contribution is 0.0737. The minimum Gasteiger partial charge on any atom is -0.399 e. The number of imidazole rings is 1. The van der Waals surface area contributed by atoms with Gasteiger partial charge in [-0.1, -0.05) is 63.8 Å². The fourth-order valence-electron chi connectivity index (χ4n) is 2.79. The molecule has 150 valence electrons. The van der Waals surface area contributed by atoms with Crippen molar-refractivity contribution in [2.24, 2.45) is 17.4 Å². The maximum atomic E-state index is 6.24. The van der Waals surface area contributed by atoms with E-state index in [-0.39, 0.29) is 6.10 Å². The van der Waals surface area contributed by atoms with Crippen molar-refractivity contribution in [3.63, 3.8) is 0 Å². The van der Waals surface area contributed by atoms with Crippen LogP contribution in [0.2, 0.25) is 10.0 Å². The Morgan fingerprint density at radius 2 is 2.00 bits per heavy atom. The molecule has 0 radical (unpaired) electrons. The fraction of sp³-hybridized carbons (Fsp3) is 0.190. The van der Waals surface area contributed by atoms with Crippen LogP contribution in [0.15, 0.2) is 65.2 Å². The topological polar surface area (TPSA) is 61.0 Å². The molecule has 0 aliphatic rings. The van der Waals surface area contributed by atoms with Crippen LogP contribution in [0, 0.1) is 0 Å². The van der Waals surface area contributed by atoms with Gasteiger partial charge in [-0.05, 0) is 19.1 Å². The number of aryl methyl sites for hydroxylation is 1. The summed E-state index contributed by atoms with van der Waals surface area (Å²) < 4.78 is 1.87. The third-order valence-corrected chi connectivity index (χ3v) is 4.81. The molecule has 0 amide bonds. The molecule has 0 spiro atoms. The van der Waals surface area contributed by atoms with Crippen LogP contribution in [0.4, 0.5) is 0 Å². The van der Waals surface area contributed by atoms with Crippen molar-refractivity contribution in [1.82, 2.24) is 9.55 Å². The monoisotopic (exact) mass is 430 g/mol. The molecule has 0 N–H and O–H groups in total. The number of hydrogen-bond acceptors (Lipinski definition) is 5. The van der Waals surface area contributed by atoms with Crippen LogP contribution in [-0.4, -0.2) is 28.6 Å². The summed E-state index contributed by atoms with van der Waals surface area (Å²) >= 11 is 12.2. The molecule has 29 heavy (non-hydrogen) atoms. The second kappa shape index (κ2) is 9.58. The standard InChI is InChI=1S/C21H20Cl2N4O2/c1-14(17-9-8-16(22)12-19(17)23)29-25-13-15-6-4-5-7-18(15)20(26-28-3)21-24-10-11-27(21)2/h4-14H,1-3H3/b25-13+,26-20+. The van der Waals surface area contributed by atoms with Gasteiger partial charge in [-0.25, -0.2) is 4.98 Å². The molecule has 3 rings (SSSR count). The number of oxime groups is 2. The molecule has 1 unspecified atom stereocenters. The number of halogens is 2. The first kappa shape index (κ1) is 20.9. The fourth-order valence-corrected chi connectivity index (χ4v) is 3.35. The van der Waals surface area contributed by atoms with Crippen molar-refractivity contribution < 1.29 is 9.68 Å². The molecule has 3 aromatic rings. The minimum atomic E-state index is -0.343. The van der Waals surface area contributed by atoms with Crippen molar-refractivity contribution in [1.29, 1.82) is 0 Å². The summed E-state index contributed by atoms with van der Waals surface area (Å²) in [6, 6.07) is 12.9. The van der Waals surface area contributed by atoms with Crippen LogP contribution in [-0.2, 0) is 16.7 Å². The number of benzene rings is 2. The van der Waals surface area contributed by atoms with Gasteiger partial charge in [0.2, 0.25) is 0 Å². The van der Waals surface area contributed by atoms with Crippen molar-refractivity contribution >= 4 is 35.1 Å². The Morgan fingerprint density at radius 1 is 1.21 bits per heavy atom. The molecule has 2 aromatic carbocycles. The highest BCUT2D eigenvalue weighted by atomic mass is 35.5. The van der Waals surface area contributed by atoms with Gasteiger partial charge in [0.05, 0.1) is 6.21 Å². The van der Waals surface area contributed by atoms with Crippen molar-refractivity contribution in [3.8, 4) is 0 Å². The summed E-state index contributed by atoms with van der Waals surface area (Å²) in [5.41, 5.74) is 3.01. The molecule has 8 heteroatoms. The van der Waals surface area contributed by atoms with Crippen LogP contribution in [0.5, 0.6) is 0 Å². The molecule has 0 aliphatic heterocycles. The van der Waals surface area contributed by atoms with E-state index in [0.29, 0.717) is 21.6 Å². The first-order valence-electron chi connectivity index (χ1n) is 8.83. The van der Waals surface area contributed by atoms with Crippen LogP contribution in [0.1, 0.15) is 35.5 Å². The third kappa shape index (κ3) is 4.96. The number of nitrogens with zero attached hydrogens (tertiary/aromatic N) is 4. The Balaban J connectivity index is 1.85. The van der Waals surface area contributed by atoms with Gasteiger partial charge in [0.1, 0.15) is 7.11 Å².